The van der Waals surface area contributed by atoms with Crippen LogP contribution in [0.2, 0.25) is 0 Å². The van der Waals surface area contributed by atoms with Crippen molar-refractivity contribution in [2.75, 3.05) is 29.9 Å². The zero-order valence-corrected chi connectivity index (χ0v) is 19.8. The fourth-order valence-electron chi connectivity index (χ4n) is 3.47. The van der Waals surface area contributed by atoms with Crippen LogP contribution >= 0.6 is 11.3 Å². The Morgan fingerprint density at radius 1 is 1.23 bits per heavy atom. The molecule has 0 aliphatic carbocycles. The maximum absolute atomic E-state index is 12.7. The smallest absolute Gasteiger partial charge is 0.379 e. The number of hydrogen-bond acceptors (Lipinski definition) is 10. The van der Waals surface area contributed by atoms with Crippen molar-refractivity contribution in [3.63, 3.8) is 0 Å². The van der Waals surface area contributed by atoms with Crippen molar-refractivity contribution in [3.05, 3.63) is 53.5 Å². The van der Waals surface area contributed by atoms with Crippen molar-refractivity contribution < 1.29 is 23.5 Å². The van der Waals surface area contributed by atoms with Crippen LogP contribution in [0.3, 0.4) is 0 Å². The number of anilines is 2. The molecule has 4 rings (SSSR count). The van der Waals surface area contributed by atoms with Gasteiger partial charge in [-0.1, -0.05) is 17.4 Å². The normalized spacial score (nSPS) is 13.7. The second kappa shape index (κ2) is 11.3. The number of amides is 1. The van der Waals surface area contributed by atoms with E-state index in [4.69, 9.17) is 13.9 Å². The zero-order valence-electron chi connectivity index (χ0n) is 19.0. The van der Waals surface area contributed by atoms with Crippen molar-refractivity contribution >= 4 is 39.6 Å². The maximum Gasteiger partial charge on any atom is 0.379 e. The molecule has 10 nitrogen and oxygen atoms in total. The van der Waals surface area contributed by atoms with Gasteiger partial charge in [-0.15, -0.1) is 10.2 Å². The molecule has 0 bridgehead atoms. The molecular weight excluding hydrogens is 470 g/mol. The van der Waals surface area contributed by atoms with Crippen LogP contribution in [0, 0.1) is 11.3 Å². The summed E-state index contributed by atoms with van der Waals surface area (Å²) in [5, 5.41) is 21.5. The van der Waals surface area contributed by atoms with Gasteiger partial charge in [0.2, 0.25) is 16.0 Å². The monoisotopic (exact) mass is 493 g/mol. The molecule has 11 heteroatoms. The van der Waals surface area contributed by atoms with E-state index >= 15 is 0 Å². The van der Waals surface area contributed by atoms with Crippen LogP contribution < -0.4 is 19.7 Å². The number of nitrogens with zero attached hydrogens (tertiary/aromatic N) is 4. The largest absolute Gasteiger partial charge is 0.490 e. The summed E-state index contributed by atoms with van der Waals surface area (Å²) in [4.78, 5) is 27.1. The molecule has 180 valence electrons. The Labute approximate surface area is 205 Å². The van der Waals surface area contributed by atoms with Crippen molar-refractivity contribution in [1.29, 1.82) is 5.26 Å². The van der Waals surface area contributed by atoms with Gasteiger partial charge in [-0.05, 0) is 62.1 Å². The van der Waals surface area contributed by atoms with Crippen LogP contribution in [0.5, 0.6) is 11.5 Å². The molecule has 35 heavy (non-hydrogen) atoms. The zero-order chi connectivity index (χ0) is 24.6. The highest BCUT2D eigenvalue weighted by atomic mass is 32.1. The van der Waals surface area contributed by atoms with E-state index in [-0.39, 0.29) is 22.8 Å². The van der Waals surface area contributed by atoms with Crippen LogP contribution in [0.1, 0.15) is 42.3 Å². The SMILES string of the molecule is CCOc1cc(C=C(C#N)C(=O)Nc2nnc(N3CCCCC3)s2)ccc1OC(=O)c1ccco1. The Morgan fingerprint density at radius 3 is 2.77 bits per heavy atom. The van der Waals surface area contributed by atoms with Crippen molar-refractivity contribution in [1.82, 2.24) is 10.2 Å². The third-order valence-corrected chi connectivity index (χ3v) is 6.03. The molecule has 0 spiro atoms. The number of carbonyl (C=O) groups is 2. The molecule has 1 aliphatic heterocycles. The lowest BCUT2D eigenvalue weighted by Crippen LogP contribution is -2.29. The Morgan fingerprint density at radius 2 is 2.06 bits per heavy atom. The van der Waals surface area contributed by atoms with E-state index in [0.717, 1.165) is 31.1 Å². The molecule has 0 saturated carbocycles. The summed E-state index contributed by atoms with van der Waals surface area (Å²) in [5.74, 6) is -0.737. The van der Waals surface area contributed by atoms with E-state index < -0.39 is 11.9 Å². The molecule has 1 amide bonds. The van der Waals surface area contributed by atoms with Crippen LogP contribution in [0.15, 0.2) is 46.6 Å². The Kier molecular flexibility index (Phi) is 7.74. The van der Waals surface area contributed by atoms with E-state index in [1.165, 1.54) is 42.2 Å². The third-order valence-electron chi connectivity index (χ3n) is 5.13. The van der Waals surface area contributed by atoms with E-state index in [1.54, 1.807) is 25.1 Å². The molecule has 1 saturated heterocycles. The predicted octanol–water partition coefficient (Wildman–Crippen LogP) is 4.28. The number of benzene rings is 1. The predicted molar refractivity (Wildman–Crippen MR) is 129 cm³/mol. The third kappa shape index (κ3) is 6.04. The Hall–Kier alpha value is -4.17. The Bertz CT molecular complexity index is 1260. The molecule has 2 aromatic heterocycles. The number of hydrogen-bond donors (Lipinski definition) is 1. The standard InChI is InChI=1S/C24H23N5O5S/c1-2-32-20-14-16(8-9-18(20)34-22(31)19-7-6-12-33-19)13-17(15-25)21(30)26-23-27-28-24(35-23)29-10-4-3-5-11-29/h6-9,12-14H,2-5,10-11H2,1H3,(H,26,27,30). The van der Waals surface area contributed by atoms with E-state index in [2.05, 4.69) is 20.4 Å². The summed E-state index contributed by atoms with van der Waals surface area (Å²) >= 11 is 1.28. The highest BCUT2D eigenvalue weighted by Crippen LogP contribution is 2.31. The minimum atomic E-state index is -0.669. The van der Waals surface area contributed by atoms with Crippen molar-refractivity contribution in [2.24, 2.45) is 0 Å². The molecule has 3 aromatic rings. The average molecular weight is 494 g/mol. The van der Waals surface area contributed by atoms with Crippen molar-refractivity contribution in [3.8, 4) is 17.6 Å². The number of carbonyl (C=O) groups excluding carboxylic acids is 2. The molecule has 3 heterocycles. The summed E-state index contributed by atoms with van der Waals surface area (Å²) in [7, 11) is 0. The number of rotatable bonds is 8. The lowest BCUT2D eigenvalue weighted by atomic mass is 10.1. The average Bonchev–Trinajstić information content (AvgIpc) is 3.57. The summed E-state index contributed by atoms with van der Waals surface area (Å²) in [6, 6.07) is 9.71. The highest BCUT2D eigenvalue weighted by molar-refractivity contribution is 7.19. The lowest BCUT2D eigenvalue weighted by molar-refractivity contribution is -0.112. The van der Waals surface area contributed by atoms with Gasteiger partial charge in [0.1, 0.15) is 11.6 Å². The maximum atomic E-state index is 12.7. The minimum absolute atomic E-state index is 0.0555. The second-order valence-corrected chi connectivity index (χ2v) is 8.52. The Balaban J connectivity index is 1.48. The number of piperidine rings is 1. The summed E-state index contributed by atoms with van der Waals surface area (Å²) in [5.41, 5.74) is 0.395. The molecule has 0 atom stereocenters. The lowest BCUT2D eigenvalue weighted by Gasteiger charge is -2.25. The highest BCUT2D eigenvalue weighted by Gasteiger charge is 2.19. The number of nitrogens with one attached hydrogen (secondary N) is 1. The van der Waals surface area contributed by atoms with Crippen LogP contribution in [0.4, 0.5) is 10.3 Å². The first-order chi connectivity index (χ1) is 17.1. The van der Waals surface area contributed by atoms with Crippen LogP contribution in [0.25, 0.3) is 6.08 Å². The first-order valence-electron chi connectivity index (χ1n) is 11.1. The van der Waals surface area contributed by atoms with Crippen LogP contribution in [-0.2, 0) is 4.79 Å². The van der Waals surface area contributed by atoms with Gasteiger partial charge < -0.3 is 18.8 Å². The quantitative estimate of drug-likeness (QED) is 0.211. The number of nitriles is 1. The molecule has 1 aliphatic rings. The molecule has 1 aromatic carbocycles. The van der Waals surface area contributed by atoms with Gasteiger partial charge in [0, 0.05) is 13.1 Å². The molecule has 1 fully saturated rings. The van der Waals surface area contributed by atoms with E-state index in [1.807, 2.05) is 6.07 Å². The number of aromatic nitrogens is 2. The molecular formula is C24H23N5O5S. The fourth-order valence-corrected chi connectivity index (χ4v) is 4.26. The number of furan rings is 1. The van der Waals surface area contributed by atoms with Gasteiger partial charge in [0.15, 0.2) is 11.5 Å². The van der Waals surface area contributed by atoms with Gasteiger partial charge in [-0.2, -0.15) is 5.26 Å². The van der Waals surface area contributed by atoms with Gasteiger partial charge in [0.25, 0.3) is 5.91 Å². The molecule has 0 radical (unpaired) electrons. The van der Waals surface area contributed by atoms with Gasteiger partial charge in [-0.25, -0.2) is 4.79 Å². The van der Waals surface area contributed by atoms with Crippen LogP contribution in [-0.4, -0.2) is 41.8 Å². The van der Waals surface area contributed by atoms with E-state index in [0.29, 0.717) is 17.3 Å². The summed E-state index contributed by atoms with van der Waals surface area (Å²) < 4.78 is 16.0. The fraction of sp³-hybridized carbons (Fsp3) is 0.292. The topological polar surface area (TPSA) is 131 Å². The van der Waals surface area contributed by atoms with Crippen molar-refractivity contribution in [2.45, 2.75) is 26.2 Å². The molecule has 1 N–H and O–H groups in total. The first-order valence-corrected chi connectivity index (χ1v) is 11.9. The number of ether oxygens (including phenoxy) is 2. The van der Waals surface area contributed by atoms with Gasteiger partial charge in [0.05, 0.1) is 12.9 Å². The minimum Gasteiger partial charge on any atom is -0.490 e. The summed E-state index contributed by atoms with van der Waals surface area (Å²) in [6.45, 7) is 3.94. The first kappa shape index (κ1) is 24.0. The molecule has 0 unspecified atom stereocenters. The second-order valence-electron chi connectivity index (χ2n) is 7.57. The van der Waals surface area contributed by atoms with Gasteiger partial charge >= 0.3 is 5.97 Å². The number of esters is 1. The van der Waals surface area contributed by atoms with Gasteiger partial charge in [-0.3, -0.25) is 10.1 Å². The van der Waals surface area contributed by atoms with E-state index in [9.17, 15) is 14.9 Å². The summed E-state index contributed by atoms with van der Waals surface area (Å²) in [6.07, 6.45) is 6.20.